The summed E-state index contributed by atoms with van der Waals surface area (Å²) in [4.78, 5) is 14.2. The molecule has 1 fully saturated rings. The number of hydrogen-bond acceptors (Lipinski definition) is 5. The van der Waals surface area contributed by atoms with Gasteiger partial charge < -0.3 is 14.2 Å². The van der Waals surface area contributed by atoms with Crippen LogP contribution in [0.2, 0.25) is 0 Å². The van der Waals surface area contributed by atoms with Crippen molar-refractivity contribution >= 4 is 5.91 Å². The van der Waals surface area contributed by atoms with Crippen LogP contribution in [0.5, 0.6) is 5.75 Å². The van der Waals surface area contributed by atoms with Crippen molar-refractivity contribution < 1.29 is 14.1 Å². The van der Waals surface area contributed by atoms with Gasteiger partial charge in [0, 0.05) is 12.6 Å². The van der Waals surface area contributed by atoms with E-state index in [-0.39, 0.29) is 18.6 Å². The lowest BCUT2D eigenvalue weighted by molar-refractivity contribution is -0.134. The molecule has 2 aromatic rings. The smallest absolute Gasteiger partial charge is 0.261 e. The number of rotatable bonds is 4. The molecule has 3 rings (SSSR count). The van der Waals surface area contributed by atoms with Gasteiger partial charge in [-0.1, -0.05) is 11.2 Å². The van der Waals surface area contributed by atoms with Gasteiger partial charge in [0.25, 0.3) is 5.91 Å². The van der Waals surface area contributed by atoms with Gasteiger partial charge in [0.1, 0.15) is 5.75 Å². The number of nitriles is 1. The van der Waals surface area contributed by atoms with Crippen LogP contribution in [0.3, 0.4) is 0 Å². The molecule has 0 saturated carbocycles. The van der Waals surface area contributed by atoms with Crippen molar-refractivity contribution in [3.8, 4) is 11.8 Å². The first kappa shape index (κ1) is 15.1. The Morgan fingerprint density at radius 2 is 2.39 bits per heavy atom. The summed E-state index contributed by atoms with van der Waals surface area (Å²) in [6, 6.07) is 10.6. The highest BCUT2D eigenvalue weighted by Crippen LogP contribution is 2.32. The van der Waals surface area contributed by atoms with Crippen LogP contribution in [0.1, 0.15) is 35.9 Å². The number of carbonyl (C=O) groups excluding carboxylic acids is 1. The van der Waals surface area contributed by atoms with E-state index in [4.69, 9.17) is 14.5 Å². The van der Waals surface area contributed by atoms with Crippen LogP contribution in [0, 0.1) is 18.3 Å². The van der Waals surface area contributed by atoms with Crippen LogP contribution >= 0.6 is 0 Å². The molecule has 0 N–H and O–H groups in total. The second-order valence-corrected chi connectivity index (χ2v) is 5.54. The SMILES string of the molecule is Cc1cc(C2CCCN2C(=O)COc2cccc(C#N)c2)on1. The number of nitrogens with zero attached hydrogens (tertiary/aromatic N) is 3. The van der Waals surface area contributed by atoms with Crippen LogP contribution in [-0.4, -0.2) is 29.1 Å². The summed E-state index contributed by atoms with van der Waals surface area (Å²) in [6.07, 6.45) is 1.80. The topological polar surface area (TPSA) is 79.4 Å². The number of aromatic nitrogens is 1. The predicted molar refractivity (Wildman–Crippen MR) is 81.6 cm³/mol. The Hall–Kier alpha value is -2.81. The molecule has 1 aliphatic heterocycles. The first-order valence-electron chi connectivity index (χ1n) is 7.53. The van der Waals surface area contributed by atoms with E-state index in [0.717, 1.165) is 24.3 Å². The van der Waals surface area contributed by atoms with Crippen molar-refractivity contribution in [2.75, 3.05) is 13.2 Å². The number of amides is 1. The number of hydrogen-bond donors (Lipinski definition) is 0. The minimum Gasteiger partial charge on any atom is -0.484 e. The quantitative estimate of drug-likeness (QED) is 0.867. The fraction of sp³-hybridized carbons (Fsp3) is 0.353. The predicted octanol–water partition coefficient (Wildman–Crippen LogP) is 2.60. The van der Waals surface area contributed by atoms with Gasteiger partial charge in [-0.2, -0.15) is 5.26 Å². The van der Waals surface area contributed by atoms with Crippen molar-refractivity contribution in [1.82, 2.24) is 10.1 Å². The Balaban J connectivity index is 1.64. The highest BCUT2D eigenvalue weighted by Gasteiger charge is 2.32. The Kier molecular flexibility index (Phi) is 4.29. The normalized spacial score (nSPS) is 17.0. The molecule has 1 amide bonds. The lowest BCUT2D eigenvalue weighted by Gasteiger charge is -2.22. The van der Waals surface area contributed by atoms with E-state index >= 15 is 0 Å². The van der Waals surface area contributed by atoms with Crippen LogP contribution in [0.25, 0.3) is 0 Å². The van der Waals surface area contributed by atoms with Gasteiger partial charge in [-0.25, -0.2) is 0 Å². The molecule has 23 heavy (non-hydrogen) atoms. The number of aryl methyl sites for hydroxylation is 1. The number of likely N-dealkylation sites (tertiary alicyclic amines) is 1. The molecule has 0 bridgehead atoms. The maximum absolute atomic E-state index is 12.4. The number of benzene rings is 1. The Labute approximate surface area is 134 Å². The number of ether oxygens (including phenoxy) is 1. The monoisotopic (exact) mass is 311 g/mol. The van der Waals surface area contributed by atoms with Crippen LogP contribution in [0.15, 0.2) is 34.9 Å². The second-order valence-electron chi connectivity index (χ2n) is 5.54. The van der Waals surface area contributed by atoms with E-state index in [2.05, 4.69) is 5.16 Å². The van der Waals surface area contributed by atoms with Crippen molar-refractivity contribution in [3.63, 3.8) is 0 Å². The molecule has 118 valence electrons. The minimum atomic E-state index is -0.0936. The highest BCUT2D eigenvalue weighted by molar-refractivity contribution is 5.78. The van der Waals surface area contributed by atoms with Crippen molar-refractivity contribution in [2.45, 2.75) is 25.8 Å². The Bertz CT molecular complexity index is 748. The summed E-state index contributed by atoms with van der Waals surface area (Å²) >= 11 is 0. The summed E-state index contributed by atoms with van der Waals surface area (Å²) in [5.41, 5.74) is 1.31. The van der Waals surface area contributed by atoms with E-state index in [1.807, 2.05) is 19.1 Å². The van der Waals surface area contributed by atoms with E-state index in [1.165, 1.54) is 0 Å². The van der Waals surface area contributed by atoms with Gasteiger partial charge in [-0.3, -0.25) is 4.79 Å². The molecule has 1 aromatic carbocycles. The average Bonchev–Trinajstić information content (AvgIpc) is 3.21. The van der Waals surface area contributed by atoms with E-state index in [0.29, 0.717) is 17.9 Å². The molecule has 0 aliphatic carbocycles. The van der Waals surface area contributed by atoms with Gasteiger partial charge in [0.2, 0.25) is 0 Å². The van der Waals surface area contributed by atoms with E-state index in [1.54, 1.807) is 29.2 Å². The highest BCUT2D eigenvalue weighted by atomic mass is 16.5. The third kappa shape index (κ3) is 3.34. The molecule has 1 saturated heterocycles. The fourth-order valence-corrected chi connectivity index (χ4v) is 2.78. The molecule has 0 radical (unpaired) electrons. The lowest BCUT2D eigenvalue weighted by atomic mass is 10.1. The Morgan fingerprint density at radius 3 is 3.13 bits per heavy atom. The maximum atomic E-state index is 12.4. The summed E-state index contributed by atoms with van der Waals surface area (Å²) in [7, 11) is 0. The third-order valence-electron chi connectivity index (χ3n) is 3.87. The molecule has 6 nitrogen and oxygen atoms in total. The molecule has 6 heteroatoms. The minimum absolute atomic E-state index is 0.0570. The van der Waals surface area contributed by atoms with E-state index < -0.39 is 0 Å². The van der Waals surface area contributed by atoms with Gasteiger partial charge in [-0.15, -0.1) is 0 Å². The zero-order chi connectivity index (χ0) is 16.2. The molecule has 2 heterocycles. The summed E-state index contributed by atoms with van der Waals surface area (Å²) in [5.74, 6) is 1.15. The second kappa shape index (κ2) is 6.53. The zero-order valence-electron chi connectivity index (χ0n) is 12.9. The van der Waals surface area contributed by atoms with Gasteiger partial charge in [0.05, 0.1) is 23.4 Å². The van der Waals surface area contributed by atoms with Crippen molar-refractivity contribution in [2.24, 2.45) is 0 Å². The van der Waals surface area contributed by atoms with Gasteiger partial charge in [-0.05, 0) is 38.0 Å². The van der Waals surface area contributed by atoms with Crippen molar-refractivity contribution in [3.05, 3.63) is 47.3 Å². The molecule has 1 atom stereocenters. The first-order valence-corrected chi connectivity index (χ1v) is 7.53. The standard InChI is InChI=1S/C17H17N3O3/c1-12-8-16(23-19-12)15-6-3-7-20(15)17(21)11-22-14-5-2-4-13(9-14)10-18/h2,4-5,8-9,15H,3,6-7,11H2,1H3. The molecule has 1 aromatic heterocycles. The summed E-state index contributed by atoms with van der Waals surface area (Å²) in [6.45, 7) is 2.49. The average molecular weight is 311 g/mol. The Morgan fingerprint density at radius 1 is 1.52 bits per heavy atom. The van der Waals surface area contributed by atoms with Gasteiger partial charge in [0.15, 0.2) is 12.4 Å². The van der Waals surface area contributed by atoms with E-state index in [9.17, 15) is 4.79 Å². The van der Waals surface area contributed by atoms with Crippen LogP contribution in [0.4, 0.5) is 0 Å². The van der Waals surface area contributed by atoms with Crippen molar-refractivity contribution in [1.29, 1.82) is 5.26 Å². The molecule has 1 aliphatic rings. The van der Waals surface area contributed by atoms with Crippen LogP contribution < -0.4 is 4.74 Å². The first-order chi connectivity index (χ1) is 11.2. The summed E-state index contributed by atoms with van der Waals surface area (Å²) < 4.78 is 10.8. The molecule has 1 unspecified atom stereocenters. The van der Waals surface area contributed by atoms with Gasteiger partial charge >= 0.3 is 0 Å². The van der Waals surface area contributed by atoms with Crippen LogP contribution in [-0.2, 0) is 4.79 Å². The fourth-order valence-electron chi connectivity index (χ4n) is 2.78. The lowest BCUT2D eigenvalue weighted by Crippen LogP contribution is -2.34. The zero-order valence-corrected chi connectivity index (χ0v) is 12.9. The largest absolute Gasteiger partial charge is 0.484 e. The maximum Gasteiger partial charge on any atom is 0.261 e. The third-order valence-corrected chi connectivity index (χ3v) is 3.87. The summed E-state index contributed by atoms with van der Waals surface area (Å²) in [5, 5.41) is 12.8. The molecular formula is C17H17N3O3. The molecular weight excluding hydrogens is 294 g/mol. The number of carbonyl (C=O) groups is 1. The molecule has 0 spiro atoms.